The van der Waals surface area contributed by atoms with Gasteiger partial charge in [0.25, 0.3) is 0 Å². The lowest BCUT2D eigenvalue weighted by Gasteiger charge is -2.55. The first-order valence-electron chi connectivity index (χ1n) is 14.0. The summed E-state index contributed by atoms with van der Waals surface area (Å²) in [5, 5.41) is 13.6. The van der Waals surface area contributed by atoms with Gasteiger partial charge in [-0.2, -0.15) is 0 Å². The lowest BCUT2D eigenvalue weighted by Crippen LogP contribution is -2.61. The molecule has 1 aliphatic carbocycles. The number of piperidine rings is 1. The van der Waals surface area contributed by atoms with Crippen LogP contribution < -0.4 is 5.32 Å². The van der Waals surface area contributed by atoms with Gasteiger partial charge in [-0.15, -0.1) is 6.58 Å². The maximum atomic E-state index is 13.0. The van der Waals surface area contributed by atoms with E-state index in [0.29, 0.717) is 12.8 Å². The number of phenols is 1. The van der Waals surface area contributed by atoms with Crippen molar-refractivity contribution in [2.75, 3.05) is 19.6 Å². The number of likely N-dealkylation sites (tertiary alicyclic amines) is 1. The van der Waals surface area contributed by atoms with E-state index >= 15 is 0 Å². The van der Waals surface area contributed by atoms with Crippen molar-refractivity contribution >= 4 is 11.9 Å². The van der Waals surface area contributed by atoms with E-state index in [9.17, 15) is 14.7 Å². The summed E-state index contributed by atoms with van der Waals surface area (Å²) in [6.45, 7) is 7.80. The van der Waals surface area contributed by atoms with Crippen molar-refractivity contribution in [3.8, 4) is 5.75 Å². The Morgan fingerprint density at radius 2 is 1.97 bits per heavy atom. The van der Waals surface area contributed by atoms with Gasteiger partial charge in [0, 0.05) is 50.2 Å². The molecule has 0 bridgehead atoms. The molecule has 6 heteroatoms. The van der Waals surface area contributed by atoms with Gasteiger partial charge in [0.05, 0.1) is 0 Å². The quantitative estimate of drug-likeness (QED) is 0.244. The Morgan fingerprint density at radius 1 is 1.16 bits per heavy atom. The third-order valence-corrected chi connectivity index (χ3v) is 8.32. The van der Waals surface area contributed by atoms with E-state index < -0.39 is 0 Å². The number of aromatic hydroxyl groups is 1. The Hall–Kier alpha value is -3.12. The summed E-state index contributed by atoms with van der Waals surface area (Å²) in [7, 11) is 0. The number of hydrogen-bond acceptors (Lipinski definition) is 5. The second kappa shape index (κ2) is 13.1. The molecule has 1 unspecified atom stereocenters. The second-order valence-electron chi connectivity index (χ2n) is 11.0. The summed E-state index contributed by atoms with van der Waals surface area (Å²) in [4.78, 5) is 27.5. The van der Waals surface area contributed by atoms with Crippen LogP contribution in [0.2, 0.25) is 0 Å². The number of benzene rings is 2. The molecule has 1 saturated heterocycles. The molecule has 2 aromatic rings. The SMILES string of the molecule is C=CCN1CC[C@@]2(c3cccc(O)c3)C[C@H](NC(=O)CCCCCc3ccccc3)CC(OC(C)=O)[C@@H]2C1. The maximum Gasteiger partial charge on any atom is 0.302 e. The first-order chi connectivity index (χ1) is 18.4. The summed E-state index contributed by atoms with van der Waals surface area (Å²) in [5.74, 6) is 0.0545. The minimum atomic E-state index is -0.313. The van der Waals surface area contributed by atoms with Crippen molar-refractivity contribution < 1.29 is 19.4 Å². The van der Waals surface area contributed by atoms with E-state index in [1.807, 2.05) is 24.3 Å². The second-order valence-corrected chi connectivity index (χ2v) is 11.0. The molecule has 0 spiro atoms. The molecule has 2 fully saturated rings. The molecule has 1 aliphatic heterocycles. The number of unbranched alkanes of at least 4 members (excludes halogenated alkanes) is 2. The molecule has 0 aromatic heterocycles. The Morgan fingerprint density at radius 3 is 2.71 bits per heavy atom. The Labute approximate surface area is 227 Å². The van der Waals surface area contributed by atoms with E-state index in [1.54, 1.807) is 6.07 Å². The van der Waals surface area contributed by atoms with Crippen LogP contribution in [0, 0.1) is 5.92 Å². The van der Waals surface area contributed by atoms with Gasteiger partial charge < -0.3 is 15.2 Å². The highest BCUT2D eigenvalue weighted by Crippen LogP contribution is 2.50. The number of rotatable bonds is 11. The molecule has 2 aliphatic rings. The summed E-state index contributed by atoms with van der Waals surface area (Å²) in [6, 6.07) is 17.8. The predicted molar refractivity (Wildman–Crippen MR) is 150 cm³/mol. The molecule has 2 aromatic carbocycles. The lowest BCUT2D eigenvalue weighted by molar-refractivity contribution is -0.157. The number of esters is 1. The van der Waals surface area contributed by atoms with Crippen molar-refractivity contribution in [2.24, 2.45) is 5.92 Å². The lowest BCUT2D eigenvalue weighted by atomic mass is 9.57. The van der Waals surface area contributed by atoms with E-state index in [4.69, 9.17) is 4.74 Å². The maximum absolute atomic E-state index is 13.0. The number of nitrogens with zero attached hydrogens (tertiary/aromatic N) is 1. The molecule has 204 valence electrons. The third kappa shape index (κ3) is 7.04. The zero-order valence-corrected chi connectivity index (χ0v) is 22.6. The van der Waals surface area contributed by atoms with Crippen molar-refractivity contribution in [3.63, 3.8) is 0 Å². The normalized spacial score (nSPS) is 25.2. The molecule has 0 radical (unpaired) electrons. The number of fused-ring (bicyclic) bond motifs is 1. The molecule has 4 rings (SSSR count). The fourth-order valence-electron chi connectivity index (χ4n) is 6.61. The van der Waals surface area contributed by atoms with Gasteiger partial charge in [-0.25, -0.2) is 0 Å². The van der Waals surface area contributed by atoms with Gasteiger partial charge in [-0.05, 0) is 61.9 Å². The van der Waals surface area contributed by atoms with Gasteiger partial charge in [-0.1, -0.05) is 55.0 Å². The zero-order valence-electron chi connectivity index (χ0n) is 22.6. The fourth-order valence-corrected chi connectivity index (χ4v) is 6.61. The van der Waals surface area contributed by atoms with Crippen molar-refractivity contribution in [1.82, 2.24) is 10.2 Å². The van der Waals surface area contributed by atoms with E-state index in [0.717, 1.165) is 63.7 Å². The zero-order chi connectivity index (χ0) is 27.0. The van der Waals surface area contributed by atoms with Crippen LogP contribution in [0.25, 0.3) is 0 Å². The first-order valence-corrected chi connectivity index (χ1v) is 14.0. The Kier molecular flexibility index (Phi) is 9.62. The van der Waals surface area contributed by atoms with Crippen LogP contribution in [0.15, 0.2) is 67.3 Å². The van der Waals surface area contributed by atoms with Gasteiger partial charge in [0.2, 0.25) is 5.91 Å². The highest BCUT2D eigenvalue weighted by Gasteiger charge is 2.53. The van der Waals surface area contributed by atoms with E-state index in [2.05, 4.69) is 47.1 Å². The van der Waals surface area contributed by atoms with Gasteiger partial charge >= 0.3 is 5.97 Å². The highest BCUT2D eigenvalue weighted by molar-refractivity contribution is 5.76. The van der Waals surface area contributed by atoms with E-state index in [-0.39, 0.29) is 41.1 Å². The number of amides is 1. The average Bonchev–Trinajstić information content (AvgIpc) is 2.89. The predicted octanol–water partition coefficient (Wildman–Crippen LogP) is 5.15. The summed E-state index contributed by atoms with van der Waals surface area (Å²) >= 11 is 0. The summed E-state index contributed by atoms with van der Waals surface area (Å²) in [6.07, 6.45) is 8.29. The van der Waals surface area contributed by atoms with Crippen LogP contribution in [0.5, 0.6) is 5.75 Å². The van der Waals surface area contributed by atoms with Crippen LogP contribution in [0.3, 0.4) is 0 Å². The van der Waals surface area contributed by atoms with Gasteiger partial charge in [0.1, 0.15) is 11.9 Å². The molecule has 1 amide bonds. The number of ether oxygens (including phenoxy) is 1. The molecule has 1 saturated carbocycles. The Bertz CT molecular complexity index is 1090. The van der Waals surface area contributed by atoms with Crippen LogP contribution in [0.4, 0.5) is 0 Å². The van der Waals surface area contributed by atoms with Crippen molar-refractivity contribution in [2.45, 2.75) is 75.9 Å². The molecule has 1 heterocycles. The highest BCUT2D eigenvalue weighted by atomic mass is 16.5. The number of aryl methyl sites for hydroxylation is 1. The van der Waals surface area contributed by atoms with Crippen molar-refractivity contribution in [1.29, 1.82) is 0 Å². The minimum Gasteiger partial charge on any atom is -0.508 e. The standard InChI is InChI=1S/C32H42N2O4/c1-3-18-34-19-17-32(26-14-10-15-28(36)20-26)22-27(21-30(29(32)23-34)38-24(2)35)33-31(37)16-9-5-8-13-25-11-6-4-7-12-25/h3-4,6-7,10-12,14-15,20,27,29-30,36H,1,5,8-9,13,16-19,21-23H2,2H3,(H,33,37)/t27-,29+,30?,32+/m1/s1. The topological polar surface area (TPSA) is 78.9 Å². The average molecular weight is 519 g/mol. The van der Waals surface area contributed by atoms with Crippen LogP contribution in [0.1, 0.15) is 63.0 Å². The minimum absolute atomic E-state index is 0.0601. The number of carbonyl (C=O) groups excluding carboxylic acids is 2. The molecule has 2 N–H and O–H groups in total. The van der Waals surface area contributed by atoms with E-state index in [1.165, 1.54) is 12.5 Å². The molecule has 38 heavy (non-hydrogen) atoms. The number of carbonyl (C=O) groups is 2. The fraction of sp³-hybridized carbons (Fsp3) is 0.500. The van der Waals surface area contributed by atoms with Crippen LogP contribution in [-0.2, 0) is 26.2 Å². The van der Waals surface area contributed by atoms with Gasteiger partial charge in [-0.3, -0.25) is 14.5 Å². The summed E-state index contributed by atoms with van der Waals surface area (Å²) < 4.78 is 5.93. The smallest absolute Gasteiger partial charge is 0.302 e. The third-order valence-electron chi connectivity index (χ3n) is 8.32. The first kappa shape index (κ1) is 27.9. The van der Waals surface area contributed by atoms with Crippen LogP contribution in [-0.4, -0.2) is 53.7 Å². The molecular formula is C32H42N2O4. The molecular weight excluding hydrogens is 476 g/mol. The summed E-state index contributed by atoms with van der Waals surface area (Å²) in [5.41, 5.74) is 2.09. The van der Waals surface area contributed by atoms with Crippen LogP contribution >= 0.6 is 0 Å². The number of phenolic OH excluding ortho intramolecular Hbond substituents is 1. The number of nitrogens with one attached hydrogen (secondary N) is 1. The molecule has 6 nitrogen and oxygen atoms in total. The monoisotopic (exact) mass is 518 g/mol. The van der Waals surface area contributed by atoms with Crippen molar-refractivity contribution in [3.05, 3.63) is 78.4 Å². The largest absolute Gasteiger partial charge is 0.508 e. The number of hydrogen-bond donors (Lipinski definition) is 2. The molecule has 4 atom stereocenters. The van der Waals surface area contributed by atoms with Gasteiger partial charge in [0.15, 0.2) is 0 Å². The Balaban J connectivity index is 1.44.